The zero-order valence-electron chi connectivity index (χ0n) is 10.2. The molecule has 2 rings (SSSR count). The van der Waals surface area contributed by atoms with Gasteiger partial charge in [-0.15, -0.1) is 11.3 Å². The molecule has 3 N–H and O–H groups in total. The van der Waals surface area contributed by atoms with Crippen molar-refractivity contribution in [1.29, 1.82) is 0 Å². The van der Waals surface area contributed by atoms with Crippen LogP contribution in [0.4, 0.5) is 5.69 Å². The number of hydrogen-bond donors (Lipinski definition) is 2. The fourth-order valence-electron chi connectivity index (χ4n) is 1.49. The van der Waals surface area contributed by atoms with E-state index in [9.17, 15) is 4.79 Å². The van der Waals surface area contributed by atoms with E-state index < -0.39 is 0 Å². The average Bonchev–Trinajstić information content (AvgIpc) is 2.89. The van der Waals surface area contributed by atoms with E-state index >= 15 is 0 Å². The SMILES string of the molecule is NCC#Cc1ccsc1C(=O)Nc1ccc(Cl)c(Cl)c1. The summed E-state index contributed by atoms with van der Waals surface area (Å²) in [4.78, 5) is 12.7. The summed E-state index contributed by atoms with van der Waals surface area (Å²) < 4.78 is 0. The van der Waals surface area contributed by atoms with Gasteiger partial charge in [0.2, 0.25) is 0 Å². The highest BCUT2D eigenvalue weighted by Crippen LogP contribution is 2.26. The van der Waals surface area contributed by atoms with Gasteiger partial charge in [0.05, 0.1) is 16.6 Å². The lowest BCUT2D eigenvalue weighted by Crippen LogP contribution is -2.11. The average molecular weight is 325 g/mol. The molecule has 1 amide bonds. The summed E-state index contributed by atoms with van der Waals surface area (Å²) in [5.41, 5.74) is 6.57. The molecule has 1 aromatic carbocycles. The Labute approximate surface area is 130 Å². The zero-order chi connectivity index (χ0) is 14.5. The van der Waals surface area contributed by atoms with E-state index in [1.54, 1.807) is 24.3 Å². The van der Waals surface area contributed by atoms with Gasteiger partial charge in [0.25, 0.3) is 5.91 Å². The molecule has 6 heteroatoms. The summed E-state index contributed by atoms with van der Waals surface area (Å²) in [5, 5.41) is 5.40. The van der Waals surface area contributed by atoms with E-state index in [0.717, 1.165) is 0 Å². The van der Waals surface area contributed by atoms with Crippen LogP contribution in [0.25, 0.3) is 0 Å². The minimum absolute atomic E-state index is 0.236. The largest absolute Gasteiger partial charge is 0.321 e. The summed E-state index contributed by atoms with van der Waals surface area (Å²) in [6.07, 6.45) is 0. The van der Waals surface area contributed by atoms with Crippen LogP contribution in [-0.4, -0.2) is 12.5 Å². The Morgan fingerprint density at radius 2 is 2.10 bits per heavy atom. The number of nitrogens with two attached hydrogens (primary N) is 1. The van der Waals surface area contributed by atoms with Crippen molar-refractivity contribution in [1.82, 2.24) is 0 Å². The van der Waals surface area contributed by atoms with Gasteiger partial charge in [0.15, 0.2) is 0 Å². The van der Waals surface area contributed by atoms with Crippen molar-refractivity contribution in [2.75, 3.05) is 11.9 Å². The lowest BCUT2D eigenvalue weighted by Gasteiger charge is -2.05. The summed E-state index contributed by atoms with van der Waals surface area (Å²) in [7, 11) is 0. The molecule has 1 heterocycles. The number of hydrogen-bond acceptors (Lipinski definition) is 3. The molecule has 0 unspecified atom stereocenters. The number of carbonyl (C=O) groups is 1. The minimum atomic E-state index is -0.236. The molecule has 0 aliphatic carbocycles. The first kappa shape index (κ1) is 14.9. The molecule has 0 radical (unpaired) electrons. The molecule has 102 valence electrons. The number of thiophene rings is 1. The van der Waals surface area contributed by atoms with Crippen LogP contribution in [0.5, 0.6) is 0 Å². The first-order valence-corrected chi connectivity index (χ1v) is 7.28. The Kier molecular flexibility index (Phi) is 5.05. The van der Waals surface area contributed by atoms with Crippen LogP contribution in [0.2, 0.25) is 10.0 Å². The molecule has 0 aliphatic heterocycles. The number of rotatable bonds is 2. The maximum absolute atomic E-state index is 12.2. The number of amides is 1. The van der Waals surface area contributed by atoms with Crippen molar-refractivity contribution in [2.45, 2.75) is 0 Å². The fourth-order valence-corrected chi connectivity index (χ4v) is 2.53. The maximum atomic E-state index is 12.2. The molecule has 0 atom stereocenters. The molecule has 0 fully saturated rings. The second-order valence-corrected chi connectivity index (χ2v) is 5.48. The van der Waals surface area contributed by atoms with Crippen LogP contribution in [0.3, 0.4) is 0 Å². The Morgan fingerprint density at radius 3 is 2.80 bits per heavy atom. The number of benzene rings is 1. The molecule has 0 saturated carbocycles. The smallest absolute Gasteiger partial charge is 0.267 e. The lowest BCUT2D eigenvalue weighted by molar-refractivity contribution is 0.103. The van der Waals surface area contributed by atoms with Gasteiger partial charge < -0.3 is 11.1 Å². The van der Waals surface area contributed by atoms with Gasteiger partial charge in [-0.2, -0.15) is 0 Å². The first-order valence-electron chi connectivity index (χ1n) is 5.64. The van der Waals surface area contributed by atoms with Crippen molar-refractivity contribution in [2.24, 2.45) is 5.73 Å². The van der Waals surface area contributed by atoms with E-state index in [4.69, 9.17) is 28.9 Å². The quantitative estimate of drug-likeness (QED) is 0.829. The van der Waals surface area contributed by atoms with Gasteiger partial charge in [-0.05, 0) is 29.6 Å². The number of nitrogens with one attached hydrogen (secondary N) is 1. The van der Waals surface area contributed by atoms with Crippen molar-refractivity contribution in [3.63, 3.8) is 0 Å². The Bertz CT molecular complexity index is 701. The van der Waals surface area contributed by atoms with Gasteiger partial charge >= 0.3 is 0 Å². The maximum Gasteiger partial charge on any atom is 0.267 e. The van der Waals surface area contributed by atoms with Crippen molar-refractivity contribution >= 4 is 46.1 Å². The molecule has 2 aromatic rings. The second kappa shape index (κ2) is 6.78. The Balaban J connectivity index is 2.20. The van der Waals surface area contributed by atoms with Gasteiger partial charge in [-0.1, -0.05) is 35.0 Å². The normalized spacial score (nSPS) is 9.75. The van der Waals surface area contributed by atoms with E-state index in [2.05, 4.69) is 17.2 Å². The van der Waals surface area contributed by atoms with E-state index in [0.29, 0.717) is 26.2 Å². The van der Waals surface area contributed by atoms with Crippen LogP contribution in [0.15, 0.2) is 29.6 Å². The molecule has 0 aliphatic rings. The lowest BCUT2D eigenvalue weighted by atomic mass is 10.2. The predicted molar refractivity (Wildman–Crippen MR) is 84.7 cm³/mol. The third-order valence-corrected chi connectivity index (χ3v) is 4.03. The standard InChI is InChI=1S/C14H10Cl2N2OS/c15-11-4-3-10(8-12(11)16)18-14(19)13-9(2-1-6-17)5-7-20-13/h3-5,7-8H,6,17H2,(H,18,19). The van der Waals surface area contributed by atoms with Crippen molar-refractivity contribution in [3.8, 4) is 11.8 Å². The zero-order valence-corrected chi connectivity index (χ0v) is 12.6. The monoisotopic (exact) mass is 324 g/mol. The summed E-state index contributed by atoms with van der Waals surface area (Å²) in [6.45, 7) is 0.254. The predicted octanol–water partition coefficient (Wildman–Crippen LogP) is 3.62. The van der Waals surface area contributed by atoms with Crippen LogP contribution in [-0.2, 0) is 0 Å². The summed E-state index contributed by atoms with van der Waals surface area (Å²) in [5.74, 6) is 5.36. The molecule has 0 bridgehead atoms. The molecule has 3 nitrogen and oxygen atoms in total. The van der Waals surface area contributed by atoms with Gasteiger partial charge in [0.1, 0.15) is 4.88 Å². The van der Waals surface area contributed by atoms with Gasteiger partial charge in [-0.25, -0.2) is 0 Å². The minimum Gasteiger partial charge on any atom is -0.321 e. The topological polar surface area (TPSA) is 55.1 Å². The number of halogens is 2. The molecule has 0 saturated heterocycles. The van der Waals surface area contributed by atoms with Gasteiger partial charge in [0, 0.05) is 11.3 Å². The van der Waals surface area contributed by atoms with Crippen molar-refractivity contribution < 1.29 is 4.79 Å². The third kappa shape index (κ3) is 3.53. The van der Waals surface area contributed by atoms with Crippen LogP contribution < -0.4 is 11.1 Å². The summed E-state index contributed by atoms with van der Waals surface area (Å²) in [6, 6.07) is 6.70. The first-order chi connectivity index (χ1) is 9.61. The van der Waals surface area contributed by atoms with E-state index in [-0.39, 0.29) is 12.5 Å². The van der Waals surface area contributed by atoms with E-state index in [1.807, 2.05) is 5.38 Å². The molecule has 20 heavy (non-hydrogen) atoms. The van der Waals surface area contributed by atoms with E-state index in [1.165, 1.54) is 11.3 Å². The Hall–Kier alpha value is -1.51. The molecule has 1 aromatic heterocycles. The van der Waals surface area contributed by atoms with Crippen LogP contribution in [0, 0.1) is 11.8 Å². The van der Waals surface area contributed by atoms with Crippen LogP contribution >= 0.6 is 34.5 Å². The van der Waals surface area contributed by atoms with Crippen LogP contribution in [0.1, 0.15) is 15.2 Å². The molecular formula is C14H10Cl2N2OS. The second-order valence-electron chi connectivity index (χ2n) is 3.75. The molecule has 0 spiro atoms. The summed E-state index contributed by atoms with van der Waals surface area (Å²) >= 11 is 13.1. The number of carbonyl (C=O) groups excluding carboxylic acids is 1. The third-order valence-electron chi connectivity index (χ3n) is 2.37. The van der Waals surface area contributed by atoms with Gasteiger partial charge in [-0.3, -0.25) is 4.79 Å². The number of anilines is 1. The highest BCUT2D eigenvalue weighted by Gasteiger charge is 2.12. The van der Waals surface area contributed by atoms with Crippen molar-refractivity contribution in [3.05, 3.63) is 50.1 Å². The Morgan fingerprint density at radius 1 is 1.30 bits per heavy atom. The fraction of sp³-hybridized carbons (Fsp3) is 0.0714. The molecular weight excluding hydrogens is 315 g/mol. The highest BCUT2D eigenvalue weighted by atomic mass is 35.5. The highest BCUT2D eigenvalue weighted by molar-refractivity contribution is 7.12.